The molecule has 3 heterocycles. The number of benzene rings is 1. The summed E-state index contributed by atoms with van der Waals surface area (Å²) in [6.07, 6.45) is 1.53. The van der Waals surface area contributed by atoms with E-state index < -0.39 is 5.82 Å². The molecule has 0 saturated heterocycles. The van der Waals surface area contributed by atoms with Crippen LogP contribution in [0.2, 0.25) is 0 Å². The van der Waals surface area contributed by atoms with Gasteiger partial charge in [-0.3, -0.25) is 9.36 Å². The minimum Gasteiger partial charge on any atom is -0.469 e. The fraction of sp³-hybridized carbons (Fsp3) is 0.182. The topological polar surface area (TPSA) is 110 Å². The molecular formula is C22H18FN5O3S. The number of carbonyl (C=O) groups excluding carboxylic acids is 1. The molecule has 0 saturated carbocycles. The van der Waals surface area contributed by atoms with E-state index in [1.54, 1.807) is 36.6 Å². The van der Waals surface area contributed by atoms with Crippen LogP contribution in [0.1, 0.15) is 22.6 Å². The third kappa shape index (κ3) is 4.02. The molecule has 0 atom stereocenters. The first-order valence-electron chi connectivity index (χ1n) is 9.57. The van der Waals surface area contributed by atoms with E-state index in [1.165, 1.54) is 18.4 Å². The van der Waals surface area contributed by atoms with Crippen molar-refractivity contribution in [1.29, 1.82) is 5.26 Å². The highest BCUT2D eigenvalue weighted by Crippen LogP contribution is 2.31. The molecule has 0 spiro atoms. The van der Waals surface area contributed by atoms with Crippen molar-refractivity contribution >= 4 is 23.5 Å². The van der Waals surface area contributed by atoms with Gasteiger partial charge in [-0.2, -0.15) is 5.26 Å². The molecule has 0 aliphatic carbocycles. The predicted molar refractivity (Wildman–Crippen MR) is 116 cm³/mol. The highest BCUT2D eigenvalue weighted by molar-refractivity contribution is 7.99. The molecule has 8 nitrogen and oxygen atoms in total. The number of aryl methyl sites for hydroxylation is 1. The second-order valence-corrected chi connectivity index (χ2v) is 7.89. The van der Waals surface area contributed by atoms with Crippen LogP contribution in [0.5, 0.6) is 0 Å². The monoisotopic (exact) mass is 451 g/mol. The molecule has 1 amide bonds. The van der Waals surface area contributed by atoms with Gasteiger partial charge in [0.15, 0.2) is 0 Å². The Morgan fingerprint density at radius 2 is 2.09 bits per heavy atom. The van der Waals surface area contributed by atoms with Gasteiger partial charge in [0.25, 0.3) is 11.1 Å². The molecule has 1 N–H and O–H groups in total. The number of nitriles is 1. The third-order valence-electron chi connectivity index (χ3n) is 4.97. The molecule has 32 heavy (non-hydrogen) atoms. The van der Waals surface area contributed by atoms with E-state index in [0.717, 1.165) is 17.5 Å². The number of carbonyl (C=O) groups is 1. The van der Waals surface area contributed by atoms with Gasteiger partial charge < -0.3 is 14.2 Å². The standard InChI is InChI=1S/C22H18FN5O3S/c1-12-13(2)28(16-6-4-5-15(23)9-16)20(18(12)10-24)25-19(29)11-32-22-27-26-21(31-22)17-7-8-30-14(17)3/h4-9H,11H2,1-3H3,(H,25,29). The Morgan fingerprint density at radius 3 is 2.78 bits per heavy atom. The lowest BCUT2D eigenvalue weighted by atomic mass is 10.2. The van der Waals surface area contributed by atoms with Crippen molar-refractivity contribution in [2.75, 3.05) is 11.1 Å². The summed E-state index contributed by atoms with van der Waals surface area (Å²) >= 11 is 1.07. The summed E-state index contributed by atoms with van der Waals surface area (Å²) in [5.41, 5.74) is 2.95. The number of rotatable bonds is 6. The van der Waals surface area contributed by atoms with E-state index in [-0.39, 0.29) is 16.9 Å². The lowest BCUT2D eigenvalue weighted by molar-refractivity contribution is -0.113. The smallest absolute Gasteiger partial charge is 0.277 e. The van der Waals surface area contributed by atoms with Crippen molar-refractivity contribution in [3.05, 3.63) is 65.0 Å². The minimum absolute atomic E-state index is 0.0245. The van der Waals surface area contributed by atoms with Gasteiger partial charge in [-0.05, 0) is 50.6 Å². The Labute approximate surface area is 187 Å². The number of furan rings is 1. The first-order chi connectivity index (χ1) is 15.4. The molecule has 3 aromatic heterocycles. The van der Waals surface area contributed by atoms with Crippen LogP contribution in [0.4, 0.5) is 10.2 Å². The first-order valence-corrected chi connectivity index (χ1v) is 10.6. The maximum Gasteiger partial charge on any atom is 0.277 e. The second kappa shape index (κ2) is 8.72. The Kier molecular flexibility index (Phi) is 5.83. The van der Waals surface area contributed by atoms with Gasteiger partial charge in [-0.1, -0.05) is 17.8 Å². The average molecular weight is 451 g/mol. The number of hydrogen-bond donors (Lipinski definition) is 1. The van der Waals surface area contributed by atoms with Crippen LogP contribution in [0, 0.1) is 37.9 Å². The zero-order chi connectivity index (χ0) is 22.8. The Morgan fingerprint density at radius 1 is 1.28 bits per heavy atom. The van der Waals surface area contributed by atoms with Crippen LogP contribution in [-0.2, 0) is 4.79 Å². The summed E-state index contributed by atoms with van der Waals surface area (Å²) in [6, 6.07) is 9.80. The number of hydrogen-bond acceptors (Lipinski definition) is 7. The lowest BCUT2D eigenvalue weighted by Gasteiger charge is -2.13. The minimum atomic E-state index is -0.417. The Balaban J connectivity index is 1.54. The summed E-state index contributed by atoms with van der Waals surface area (Å²) in [4.78, 5) is 12.7. The Bertz CT molecular complexity index is 1350. The van der Waals surface area contributed by atoms with E-state index in [4.69, 9.17) is 8.83 Å². The molecule has 0 radical (unpaired) electrons. The van der Waals surface area contributed by atoms with Crippen LogP contribution >= 0.6 is 11.8 Å². The molecule has 0 bridgehead atoms. The summed E-state index contributed by atoms with van der Waals surface area (Å²) in [5.74, 6) is 0.427. The molecule has 4 rings (SSSR count). The second-order valence-electron chi connectivity index (χ2n) is 6.96. The van der Waals surface area contributed by atoms with E-state index >= 15 is 0 Å². The van der Waals surface area contributed by atoms with Gasteiger partial charge in [-0.15, -0.1) is 10.2 Å². The maximum atomic E-state index is 13.8. The predicted octanol–water partition coefficient (Wildman–Crippen LogP) is 4.79. The number of thioether (sulfide) groups is 1. The highest BCUT2D eigenvalue weighted by Gasteiger charge is 2.21. The zero-order valence-electron chi connectivity index (χ0n) is 17.5. The van der Waals surface area contributed by atoms with Crippen LogP contribution < -0.4 is 5.32 Å². The molecular weight excluding hydrogens is 433 g/mol. The molecule has 0 unspecified atom stereocenters. The largest absolute Gasteiger partial charge is 0.469 e. The number of aromatic nitrogens is 3. The molecule has 162 valence electrons. The van der Waals surface area contributed by atoms with Gasteiger partial charge in [0.2, 0.25) is 5.91 Å². The average Bonchev–Trinajstić information content (AvgIpc) is 3.46. The fourth-order valence-electron chi connectivity index (χ4n) is 3.28. The fourth-order valence-corrected chi connectivity index (χ4v) is 3.84. The molecule has 0 fully saturated rings. The maximum absolute atomic E-state index is 13.8. The SMILES string of the molecule is Cc1occc1-c1nnc(SCC(=O)Nc2c(C#N)c(C)c(C)n2-c2cccc(F)c2)o1. The van der Waals surface area contributed by atoms with Crippen LogP contribution in [0.15, 0.2) is 50.7 Å². The molecule has 4 aromatic rings. The summed E-state index contributed by atoms with van der Waals surface area (Å²) in [7, 11) is 0. The summed E-state index contributed by atoms with van der Waals surface area (Å²) in [5, 5.41) is 20.6. The van der Waals surface area contributed by atoms with Gasteiger partial charge in [0, 0.05) is 5.69 Å². The first kappa shape index (κ1) is 21.4. The molecule has 10 heteroatoms. The number of anilines is 1. The molecule has 0 aliphatic rings. The van der Waals surface area contributed by atoms with E-state index in [9.17, 15) is 14.4 Å². The Hall–Kier alpha value is -3.84. The van der Waals surface area contributed by atoms with Crippen molar-refractivity contribution in [1.82, 2.24) is 14.8 Å². The van der Waals surface area contributed by atoms with Crippen molar-refractivity contribution < 1.29 is 18.0 Å². The summed E-state index contributed by atoms with van der Waals surface area (Å²) < 4.78 is 26.3. The molecule has 0 aliphatic heterocycles. The quantitative estimate of drug-likeness (QED) is 0.420. The molecule has 1 aromatic carbocycles. The highest BCUT2D eigenvalue weighted by atomic mass is 32.2. The van der Waals surface area contributed by atoms with Crippen molar-refractivity contribution in [3.63, 3.8) is 0 Å². The van der Waals surface area contributed by atoms with Crippen molar-refractivity contribution in [2.45, 2.75) is 26.0 Å². The normalized spacial score (nSPS) is 10.8. The lowest BCUT2D eigenvalue weighted by Crippen LogP contribution is -2.17. The van der Waals surface area contributed by atoms with Gasteiger partial charge in [0.05, 0.1) is 28.8 Å². The van der Waals surface area contributed by atoms with Crippen molar-refractivity contribution in [2.24, 2.45) is 0 Å². The number of nitrogens with zero attached hydrogens (tertiary/aromatic N) is 4. The van der Waals surface area contributed by atoms with Crippen LogP contribution in [-0.4, -0.2) is 26.4 Å². The van der Waals surface area contributed by atoms with Crippen LogP contribution in [0.3, 0.4) is 0 Å². The van der Waals surface area contributed by atoms with Crippen molar-refractivity contribution in [3.8, 4) is 23.2 Å². The zero-order valence-corrected chi connectivity index (χ0v) is 18.3. The van der Waals surface area contributed by atoms with Gasteiger partial charge >= 0.3 is 0 Å². The van der Waals surface area contributed by atoms with E-state index in [2.05, 4.69) is 21.6 Å². The van der Waals surface area contributed by atoms with E-state index in [0.29, 0.717) is 39.8 Å². The number of halogens is 1. The number of amides is 1. The number of nitrogens with one attached hydrogen (secondary N) is 1. The third-order valence-corrected chi connectivity index (χ3v) is 5.79. The van der Waals surface area contributed by atoms with Crippen LogP contribution in [0.25, 0.3) is 17.1 Å². The van der Waals surface area contributed by atoms with Gasteiger partial charge in [-0.25, -0.2) is 4.39 Å². The van der Waals surface area contributed by atoms with Gasteiger partial charge in [0.1, 0.15) is 23.5 Å². The summed E-state index contributed by atoms with van der Waals surface area (Å²) in [6.45, 7) is 5.37. The van der Waals surface area contributed by atoms with E-state index in [1.807, 2.05) is 6.92 Å².